The highest BCUT2D eigenvalue weighted by Crippen LogP contribution is 2.34. The largest absolute Gasteiger partial charge is 0.394 e. The molecule has 7 heteroatoms. The number of hydrogen-bond donors (Lipinski definition) is 2. The number of H-pyrrole nitrogens is 1. The van der Waals surface area contributed by atoms with Crippen molar-refractivity contribution in [1.82, 2.24) is 14.5 Å². The Labute approximate surface area is 136 Å². The van der Waals surface area contributed by atoms with Crippen molar-refractivity contribution in [3.63, 3.8) is 0 Å². The zero-order valence-corrected chi connectivity index (χ0v) is 13.2. The molecule has 0 amide bonds. The van der Waals surface area contributed by atoms with E-state index in [1.165, 1.54) is 10.8 Å². The minimum Gasteiger partial charge on any atom is -0.394 e. The van der Waals surface area contributed by atoms with Crippen molar-refractivity contribution < 1.29 is 5.11 Å². The lowest BCUT2D eigenvalue weighted by Crippen LogP contribution is -2.22. The van der Waals surface area contributed by atoms with Crippen LogP contribution in [-0.4, -0.2) is 26.2 Å². The number of hydrogen-bond acceptors (Lipinski definition) is 3. The van der Waals surface area contributed by atoms with E-state index in [1.807, 2.05) is 12.1 Å². The second kappa shape index (κ2) is 5.76. The van der Waals surface area contributed by atoms with Crippen molar-refractivity contribution in [2.75, 3.05) is 6.61 Å². The minimum absolute atomic E-state index is 0.167. The summed E-state index contributed by atoms with van der Waals surface area (Å²) in [6.45, 7) is 1.58. The Balaban J connectivity index is 2.40. The molecule has 0 aliphatic carbocycles. The first-order chi connectivity index (χ1) is 10.5. The first-order valence-corrected chi connectivity index (χ1v) is 7.44. The highest BCUT2D eigenvalue weighted by molar-refractivity contribution is 6.34. The smallest absolute Gasteiger partial charge is 0.328 e. The van der Waals surface area contributed by atoms with Gasteiger partial charge in [0.2, 0.25) is 0 Å². The number of halogens is 2. The van der Waals surface area contributed by atoms with E-state index in [9.17, 15) is 9.90 Å². The molecule has 2 aromatic heterocycles. The van der Waals surface area contributed by atoms with Crippen molar-refractivity contribution in [3.05, 3.63) is 51.0 Å². The quantitative estimate of drug-likeness (QED) is 0.770. The van der Waals surface area contributed by atoms with Crippen molar-refractivity contribution in [3.8, 4) is 11.1 Å². The number of nitrogens with one attached hydrogen (secondary N) is 1. The summed E-state index contributed by atoms with van der Waals surface area (Å²) < 4.78 is 1.47. The lowest BCUT2D eigenvalue weighted by atomic mass is 10.1. The molecular weight excluding hydrogens is 325 g/mol. The van der Waals surface area contributed by atoms with Crippen LogP contribution in [0.25, 0.3) is 22.3 Å². The zero-order chi connectivity index (χ0) is 15.9. The van der Waals surface area contributed by atoms with Crippen LogP contribution in [0.5, 0.6) is 0 Å². The Morgan fingerprint density at radius 1 is 1.32 bits per heavy atom. The van der Waals surface area contributed by atoms with Gasteiger partial charge in [0.25, 0.3) is 0 Å². The molecule has 114 valence electrons. The van der Waals surface area contributed by atoms with Crippen molar-refractivity contribution in [2.45, 2.75) is 13.0 Å². The third kappa shape index (κ3) is 2.41. The number of aliphatic hydroxyl groups excluding tert-OH is 1. The van der Waals surface area contributed by atoms with Crippen LogP contribution in [0.3, 0.4) is 0 Å². The molecule has 22 heavy (non-hydrogen) atoms. The van der Waals surface area contributed by atoms with Crippen molar-refractivity contribution in [1.29, 1.82) is 0 Å². The van der Waals surface area contributed by atoms with E-state index in [4.69, 9.17) is 23.2 Å². The van der Waals surface area contributed by atoms with E-state index in [2.05, 4.69) is 9.97 Å². The van der Waals surface area contributed by atoms with Crippen LogP contribution in [-0.2, 0) is 0 Å². The van der Waals surface area contributed by atoms with Crippen LogP contribution in [0.1, 0.15) is 13.0 Å². The van der Waals surface area contributed by atoms with E-state index in [0.717, 1.165) is 5.56 Å². The Hall–Kier alpha value is -1.82. The molecular formula is C15H13Cl2N3O2. The van der Waals surface area contributed by atoms with Gasteiger partial charge in [0.15, 0.2) is 5.65 Å². The topological polar surface area (TPSA) is 70.9 Å². The molecule has 2 N–H and O–H groups in total. The molecule has 2 heterocycles. The van der Waals surface area contributed by atoms with Gasteiger partial charge in [-0.15, -0.1) is 0 Å². The van der Waals surface area contributed by atoms with Crippen LogP contribution in [0.4, 0.5) is 0 Å². The van der Waals surface area contributed by atoms with Gasteiger partial charge >= 0.3 is 5.69 Å². The van der Waals surface area contributed by atoms with E-state index in [-0.39, 0.29) is 12.3 Å². The average molecular weight is 338 g/mol. The van der Waals surface area contributed by atoms with Crippen LogP contribution in [0.2, 0.25) is 10.0 Å². The van der Waals surface area contributed by atoms with E-state index in [1.54, 1.807) is 19.1 Å². The van der Waals surface area contributed by atoms with Gasteiger partial charge in [-0.3, -0.25) is 9.55 Å². The van der Waals surface area contributed by atoms with Gasteiger partial charge in [0, 0.05) is 16.8 Å². The SMILES string of the molecule is C[C@@H](CO)n1c(=O)[nH]c2ncc(Cl)c(-c3ccc(Cl)cc3)c21. The normalized spacial score (nSPS) is 12.7. The fraction of sp³-hybridized carbons (Fsp3) is 0.200. The lowest BCUT2D eigenvalue weighted by molar-refractivity contribution is 0.239. The molecule has 1 aromatic carbocycles. The number of aromatic nitrogens is 3. The Morgan fingerprint density at radius 2 is 2.00 bits per heavy atom. The average Bonchev–Trinajstić information content (AvgIpc) is 2.84. The van der Waals surface area contributed by atoms with Gasteiger partial charge in [-0.1, -0.05) is 35.3 Å². The molecule has 1 atom stereocenters. The predicted octanol–water partition coefficient (Wildman–Crippen LogP) is 3.25. The highest BCUT2D eigenvalue weighted by atomic mass is 35.5. The van der Waals surface area contributed by atoms with E-state index >= 15 is 0 Å². The summed E-state index contributed by atoms with van der Waals surface area (Å²) in [5, 5.41) is 10.4. The van der Waals surface area contributed by atoms with Gasteiger partial charge < -0.3 is 5.11 Å². The Morgan fingerprint density at radius 3 is 2.64 bits per heavy atom. The fourth-order valence-electron chi connectivity index (χ4n) is 2.46. The molecule has 0 saturated heterocycles. The van der Waals surface area contributed by atoms with Crippen molar-refractivity contribution in [2.24, 2.45) is 0 Å². The first-order valence-electron chi connectivity index (χ1n) is 6.68. The summed E-state index contributed by atoms with van der Waals surface area (Å²) in [7, 11) is 0. The molecule has 0 spiro atoms. The van der Waals surface area contributed by atoms with E-state index in [0.29, 0.717) is 26.8 Å². The number of imidazole rings is 1. The molecule has 0 aliphatic heterocycles. The number of fused-ring (bicyclic) bond motifs is 1. The summed E-state index contributed by atoms with van der Waals surface area (Å²) >= 11 is 12.2. The Kier molecular flexibility index (Phi) is 3.95. The molecule has 3 aromatic rings. The number of aromatic amines is 1. The molecule has 0 bridgehead atoms. The summed E-state index contributed by atoms with van der Waals surface area (Å²) in [4.78, 5) is 19.0. The maximum absolute atomic E-state index is 12.2. The Bertz CT molecular complexity index is 884. The van der Waals surface area contributed by atoms with Crippen LogP contribution in [0, 0.1) is 0 Å². The molecule has 3 rings (SSSR count). The minimum atomic E-state index is -0.396. The lowest BCUT2D eigenvalue weighted by Gasteiger charge is -2.13. The number of pyridine rings is 1. The number of nitrogens with zero attached hydrogens (tertiary/aromatic N) is 2. The number of rotatable bonds is 3. The van der Waals surface area contributed by atoms with Gasteiger partial charge in [0.1, 0.15) is 0 Å². The first kappa shape index (κ1) is 15.1. The molecule has 5 nitrogen and oxygen atoms in total. The monoisotopic (exact) mass is 337 g/mol. The summed E-state index contributed by atoms with van der Waals surface area (Å²) in [6.07, 6.45) is 1.50. The molecule has 0 radical (unpaired) electrons. The molecule has 0 unspecified atom stereocenters. The van der Waals surface area contributed by atoms with Gasteiger partial charge in [-0.25, -0.2) is 9.78 Å². The van der Waals surface area contributed by atoms with Gasteiger partial charge in [-0.2, -0.15) is 0 Å². The standard InChI is InChI=1S/C15H13Cl2N3O2/c1-8(7-21)20-13-12(9-2-4-10(16)5-3-9)11(17)6-18-14(13)19-15(20)22/h2-6,8,21H,7H2,1H3,(H,18,19,22)/t8-/m0/s1. The molecule has 0 saturated carbocycles. The summed E-state index contributed by atoms with van der Waals surface area (Å²) in [5.41, 5.74) is 2.17. The third-order valence-corrected chi connectivity index (χ3v) is 4.07. The maximum Gasteiger partial charge on any atom is 0.328 e. The maximum atomic E-state index is 12.2. The van der Waals surface area contributed by atoms with Crippen LogP contribution >= 0.6 is 23.2 Å². The zero-order valence-electron chi connectivity index (χ0n) is 11.7. The van der Waals surface area contributed by atoms with Crippen LogP contribution in [0.15, 0.2) is 35.3 Å². The van der Waals surface area contributed by atoms with E-state index < -0.39 is 6.04 Å². The van der Waals surface area contributed by atoms with Gasteiger partial charge in [0.05, 0.1) is 23.2 Å². The third-order valence-electron chi connectivity index (χ3n) is 3.53. The fourth-order valence-corrected chi connectivity index (χ4v) is 2.83. The van der Waals surface area contributed by atoms with Crippen molar-refractivity contribution >= 4 is 34.4 Å². The second-order valence-corrected chi connectivity index (χ2v) is 5.86. The number of aliphatic hydroxyl groups is 1. The summed E-state index contributed by atoms with van der Waals surface area (Å²) in [5.74, 6) is 0. The second-order valence-electron chi connectivity index (χ2n) is 5.02. The predicted molar refractivity (Wildman–Crippen MR) is 87.6 cm³/mol. The highest BCUT2D eigenvalue weighted by Gasteiger charge is 2.19. The summed E-state index contributed by atoms with van der Waals surface area (Å²) in [6, 6.07) is 6.77. The van der Waals surface area contributed by atoms with Crippen LogP contribution < -0.4 is 5.69 Å². The number of benzene rings is 1. The van der Waals surface area contributed by atoms with Gasteiger partial charge in [-0.05, 0) is 24.6 Å². The molecule has 0 fully saturated rings. The molecule has 0 aliphatic rings.